The molecule has 1 atom stereocenters. The van der Waals surface area contributed by atoms with Crippen molar-refractivity contribution in [2.75, 3.05) is 18.8 Å². The number of para-hydroxylation sites is 1. The second-order valence-corrected chi connectivity index (χ2v) is 7.47. The van der Waals surface area contributed by atoms with Crippen molar-refractivity contribution >= 4 is 16.6 Å². The average Bonchev–Trinajstić information content (AvgIpc) is 3.08. The normalized spacial score (nSPS) is 16.9. The molecule has 0 amide bonds. The number of H-pyrrole nitrogens is 1. The van der Waals surface area contributed by atoms with Crippen LogP contribution in [0.15, 0.2) is 48.7 Å². The molecule has 3 heteroatoms. The highest BCUT2D eigenvalue weighted by molar-refractivity contribution is 5.82. The number of nitrogens with zero attached hydrogens (tertiary/aromatic N) is 1. The van der Waals surface area contributed by atoms with Crippen LogP contribution in [0.3, 0.4) is 0 Å². The Balaban J connectivity index is 1.38. The van der Waals surface area contributed by atoms with Gasteiger partial charge in [0.25, 0.3) is 0 Å². The molecule has 2 aromatic carbocycles. The molecule has 0 spiro atoms. The Hall–Kier alpha value is -2.26. The number of benzene rings is 2. The second-order valence-electron chi connectivity index (χ2n) is 7.47. The predicted molar refractivity (Wildman–Crippen MR) is 111 cm³/mol. The summed E-state index contributed by atoms with van der Waals surface area (Å²) in [6.07, 6.45) is 8.00. The molecule has 3 aromatic rings. The van der Waals surface area contributed by atoms with Crippen LogP contribution in [0.2, 0.25) is 0 Å². The highest BCUT2D eigenvalue weighted by Gasteiger charge is 2.24. The van der Waals surface area contributed by atoms with Crippen molar-refractivity contribution in [3.63, 3.8) is 0 Å². The molecule has 3 nitrogen and oxygen atoms in total. The maximum Gasteiger partial charge on any atom is 0.0456 e. The number of nitrogens with one attached hydrogen (secondary N) is 1. The summed E-state index contributed by atoms with van der Waals surface area (Å²) < 4.78 is 0. The lowest BCUT2D eigenvalue weighted by molar-refractivity contribution is 0.187. The van der Waals surface area contributed by atoms with Crippen LogP contribution < -0.4 is 5.73 Å². The predicted octanol–water partition coefficient (Wildman–Crippen LogP) is 4.56. The van der Waals surface area contributed by atoms with Crippen molar-refractivity contribution in [1.82, 2.24) is 9.88 Å². The minimum absolute atomic E-state index is 0.650. The molecule has 1 aromatic heterocycles. The quantitative estimate of drug-likeness (QED) is 0.642. The second kappa shape index (κ2) is 7.55. The standard InChI is InChI=1S/C23H29N3/c1-2-26(19-12-13-20-17(15-19)7-5-10-22(20)24)14-6-8-18-16-25-23-11-4-3-9-21(18)23/h3-5,7,9-11,16,19,25H,2,6,8,12-15,24H2,1H3. The van der Waals surface area contributed by atoms with Crippen molar-refractivity contribution in [1.29, 1.82) is 0 Å². The smallest absolute Gasteiger partial charge is 0.0456 e. The fourth-order valence-electron chi connectivity index (χ4n) is 4.54. The summed E-state index contributed by atoms with van der Waals surface area (Å²) in [6.45, 7) is 4.58. The van der Waals surface area contributed by atoms with Gasteiger partial charge in [0.15, 0.2) is 0 Å². The summed E-state index contributed by atoms with van der Waals surface area (Å²) in [5.41, 5.74) is 12.7. The van der Waals surface area contributed by atoms with E-state index in [1.807, 2.05) is 6.07 Å². The van der Waals surface area contributed by atoms with Gasteiger partial charge in [0.05, 0.1) is 0 Å². The number of fused-ring (bicyclic) bond motifs is 2. The van der Waals surface area contributed by atoms with Gasteiger partial charge < -0.3 is 15.6 Å². The number of anilines is 1. The maximum atomic E-state index is 6.16. The fraction of sp³-hybridized carbons (Fsp3) is 0.391. The summed E-state index contributed by atoms with van der Waals surface area (Å²) in [5.74, 6) is 0. The van der Waals surface area contributed by atoms with Gasteiger partial charge in [0.2, 0.25) is 0 Å². The van der Waals surface area contributed by atoms with Crippen molar-refractivity contribution in [3.8, 4) is 0 Å². The SMILES string of the molecule is CCN(CCCc1c[nH]c2ccccc12)C1CCc2c(N)cccc2C1. The zero-order valence-corrected chi connectivity index (χ0v) is 15.7. The highest BCUT2D eigenvalue weighted by atomic mass is 15.1. The van der Waals surface area contributed by atoms with E-state index in [0.29, 0.717) is 6.04 Å². The van der Waals surface area contributed by atoms with Crippen molar-refractivity contribution in [2.45, 2.75) is 45.1 Å². The zero-order chi connectivity index (χ0) is 17.9. The van der Waals surface area contributed by atoms with Crippen LogP contribution in [-0.2, 0) is 19.3 Å². The van der Waals surface area contributed by atoms with Crippen LogP contribution in [0, 0.1) is 0 Å². The first-order valence-electron chi connectivity index (χ1n) is 9.91. The van der Waals surface area contributed by atoms with Gasteiger partial charge in [-0.05, 0) is 74.0 Å². The fourth-order valence-corrected chi connectivity index (χ4v) is 4.54. The molecule has 26 heavy (non-hydrogen) atoms. The summed E-state index contributed by atoms with van der Waals surface area (Å²) >= 11 is 0. The Kier molecular flexibility index (Phi) is 4.98. The number of aromatic amines is 1. The lowest BCUT2D eigenvalue weighted by Crippen LogP contribution is -2.40. The first-order chi connectivity index (χ1) is 12.8. The molecule has 0 radical (unpaired) electrons. The molecule has 1 unspecified atom stereocenters. The highest BCUT2D eigenvalue weighted by Crippen LogP contribution is 2.29. The summed E-state index contributed by atoms with van der Waals surface area (Å²) in [7, 11) is 0. The zero-order valence-electron chi connectivity index (χ0n) is 15.7. The number of nitrogens with two attached hydrogens (primary N) is 1. The monoisotopic (exact) mass is 347 g/mol. The van der Waals surface area contributed by atoms with Crippen molar-refractivity contribution in [2.24, 2.45) is 0 Å². The van der Waals surface area contributed by atoms with Crippen molar-refractivity contribution < 1.29 is 0 Å². The van der Waals surface area contributed by atoms with Crippen LogP contribution in [-0.4, -0.2) is 29.0 Å². The molecule has 0 saturated carbocycles. The van der Waals surface area contributed by atoms with E-state index in [1.54, 1.807) is 0 Å². The summed E-state index contributed by atoms with van der Waals surface area (Å²) in [5, 5.41) is 1.37. The van der Waals surface area contributed by atoms with Crippen LogP contribution in [0.4, 0.5) is 5.69 Å². The lowest BCUT2D eigenvalue weighted by Gasteiger charge is -2.35. The Bertz CT molecular complexity index is 880. The van der Waals surface area contributed by atoms with Crippen LogP contribution in [0.25, 0.3) is 10.9 Å². The number of aryl methyl sites for hydroxylation is 1. The van der Waals surface area contributed by atoms with Crippen molar-refractivity contribution in [3.05, 3.63) is 65.4 Å². The van der Waals surface area contributed by atoms with Crippen LogP contribution in [0.5, 0.6) is 0 Å². The largest absolute Gasteiger partial charge is 0.398 e. The molecule has 1 aliphatic carbocycles. The third kappa shape index (κ3) is 3.36. The van der Waals surface area contributed by atoms with Gasteiger partial charge in [-0.25, -0.2) is 0 Å². The third-order valence-electron chi connectivity index (χ3n) is 5.98. The Morgan fingerprint density at radius 3 is 2.92 bits per heavy atom. The maximum absolute atomic E-state index is 6.16. The number of rotatable bonds is 6. The van der Waals surface area contributed by atoms with Gasteiger partial charge in [-0.15, -0.1) is 0 Å². The lowest BCUT2D eigenvalue weighted by atomic mass is 9.86. The minimum Gasteiger partial charge on any atom is -0.398 e. The first-order valence-corrected chi connectivity index (χ1v) is 9.91. The number of hydrogen-bond donors (Lipinski definition) is 2. The number of hydrogen-bond acceptors (Lipinski definition) is 2. The Morgan fingerprint density at radius 1 is 1.15 bits per heavy atom. The van der Waals surface area contributed by atoms with Gasteiger partial charge in [-0.2, -0.15) is 0 Å². The van der Waals surface area contributed by atoms with Gasteiger partial charge in [0.1, 0.15) is 0 Å². The van der Waals surface area contributed by atoms with E-state index in [4.69, 9.17) is 5.73 Å². The van der Waals surface area contributed by atoms with Gasteiger partial charge in [0, 0.05) is 28.8 Å². The van der Waals surface area contributed by atoms with E-state index in [0.717, 1.165) is 31.5 Å². The molecular formula is C23H29N3. The van der Waals surface area contributed by atoms with E-state index in [1.165, 1.54) is 47.0 Å². The van der Waals surface area contributed by atoms with E-state index in [-0.39, 0.29) is 0 Å². The van der Waals surface area contributed by atoms with Crippen LogP contribution >= 0.6 is 0 Å². The number of aromatic nitrogens is 1. The molecule has 3 N–H and O–H groups in total. The molecule has 0 aliphatic heterocycles. The van der Waals surface area contributed by atoms with Gasteiger partial charge in [-0.1, -0.05) is 37.3 Å². The summed E-state index contributed by atoms with van der Waals surface area (Å²) in [4.78, 5) is 6.06. The Morgan fingerprint density at radius 2 is 2.04 bits per heavy atom. The van der Waals surface area contributed by atoms with E-state index in [9.17, 15) is 0 Å². The van der Waals surface area contributed by atoms with E-state index in [2.05, 4.69) is 59.4 Å². The third-order valence-corrected chi connectivity index (χ3v) is 5.98. The van der Waals surface area contributed by atoms with Gasteiger partial charge in [-0.3, -0.25) is 0 Å². The number of likely N-dealkylation sites (N-methyl/N-ethyl adjacent to an activating group) is 1. The van der Waals surface area contributed by atoms with Gasteiger partial charge >= 0.3 is 0 Å². The molecule has 0 bridgehead atoms. The average molecular weight is 348 g/mol. The molecule has 1 heterocycles. The first kappa shape index (κ1) is 17.2. The molecule has 136 valence electrons. The molecular weight excluding hydrogens is 318 g/mol. The van der Waals surface area contributed by atoms with Crippen LogP contribution in [0.1, 0.15) is 36.5 Å². The number of nitrogen functional groups attached to an aromatic ring is 1. The Labute approximate surface area is 156 Å². The summed E-state index contributed by atoms with van der Waals surface area (Å²) in [6, 6.07) is 15.7. The topological polar surface area (TPSA) is 45.0 Å². The molecule has 1 aliphatic rings. The molecule has 4 rings (SSSR count). The molecule has 0 fully saturated rings. The molecule has 0 saturated heterocycles. The van der Waals surface area contributed by atoms with E-state index >= 15 is 0 Å². The minimum atomic E-state index is 0.650. The van der Waals surface area contributed by atoms with E-state index < -0.39 is 0 Å².